The zero-order chi connectivity index (χ0) is 15.0. The highest BCUT2D eigenvalue weighted by Crippen LogP contribution is 2.15. The molecular formula is C15H24N4O. The van der Waals surface area contributed by atoms with Gasteiger partial charge in [0.15, 0.2) is 0 Å². The van der Waals surface area contributed by atoms with E-state index in [4.69, 9.17) is 5.26 Å². The maximum atomic E-state index is 11.7. The number of hydrogen-bond donors (Lipinski definition) is 1. The fraction of sp³-hybridized carbons (Fsp3) is 0.667. The van der Waals surface area contributed by atoms with Crippen LogP contribution >= 0.6 is 0 Å². The highest BCUT2D eigenvalue weighted by atomic mass is 16.1. The minimum absolute atomic E-state index is 0.0991. The smallest absolute Gasteiger partial charge is 0.220 e. The predicted molar refractivity (Wildman–Crippen MR) is 78.2 cm³/mol. The topological polar surface area (TPSA) is 70.7 Å². The second kappa shape index (κ2) is 8.36. The van der Waals surface area contributed by atoms with Crippen molar-refractivity contribution < 1.29 is 4.79 Å². The van der Waals surface area contributed by atoms with Crippen LogP contribution in [0.4, 0.5) is 0 Å². The van der Waals surface area contributed by atoms with Crippen LogP contribution < -0.4 is 5.32 Å². The lowest BCUT2D eigenvalue weighted by atomic mass is 10.1. The Bertz CT molecular complexity index is 485. The summed E-state index contributed by atoms with van der Waals surface area (Å²) in [7, 11) is 0. The van der Waals surface area contributed by atoms with Crippen molar-refractivity contribution in [2.45, 2.75) is 59.4 Å². The zero-order valence-corrected chi connectivity index (χ0v) is 12.7. The molecule has 5 nitrogen and oxygen atoms in total. The van der Waals surface area contributed by atoms with Crippen molar-refractivity contribution in [3.05, 3.63) is 17.0 Å². The molecule has 0 aliphatic carbocycles. The molecule has 0 atom stereocenters. The minimum atomic E-state index is 0.0991. The molecule has 110 valence electrons. The average molecular weight is 276 g/mol. The van der Waals surface area contributed by atoms with Crippen LogP contribution in [-0.2, 0) is 17.8 Å². The van der Waals surface area contributed by atoms with E-state index in [0.29, 0.717) is 25.8 Å². The highest BCUT2D eigenvalue weighted by molar-refractivity contribution is 5.76. The summed E-state index contributed by atoms with van der Waals surface area (Å²) in [6.07, 6.45) is 3.77. The summed E-state index contributed by atoms with van der Waals surface area (Å²) in [5.41, 5.74) is 3.16. The van der Waals surface area contributed by atoms with E-state index in [0.717, 1.165) is 36.3 Å². The molecule has 0 aromatic carbocycles. The van der Waals surface area contributed by atoms with Crippen LogP contribution in [0.25, 0.3) is 0 Å². The van der Waals surface area contributed by atoms with Crippen LogP contribution in [0.15, 0.2) is 0 Å². The lowest BCUT2D eigenvalue weighted by Crippen LogP contribution is -2.24. The molecule has 20 heavy (non-hydrogen) atoms. The van der Waals surface area contributed by atoms with Crippen molar-refractivity contribution in [3.8, 4) is 6.07 Å². The number of nitrogens with zero attached hydrogens (tertiary/aromatic N) is 3. The van der Waals surface area contributed by atoms with Gasteiger partial charge in [-0.1, -0.05) is 13.3 Å². The first-order chi connectivity index (χ1) is 9.60. The van der Waals surface area contributed by atoms with E-state index in [9.17, 15) is 4.79 Å². The summed E-state index contributed by atoms with van der Waals surface area (Å²) in [5.74, 6) is 0.0991. The summed E-state index contributed by atoms with van der Waals surface area (Å²) in [6, 6.07) is 2.13. The first-order valence-corrected chi connectivity index (χ1v) is 7.26. The number of carbonyl (C=O) groups is 1. The molecule has 0 aliphatic rings. The molecule has 0 spiro atoms. The van der Waals surface area contributed by atoms with E-state index >= 15 is 0 Å². The quantitative estimate of drug-likeness (QED) is 0.740. The largest absolute Gasteiger partial charge is 0.356 e. The molecular weight excluding hydrogens is 252 g/mol. The molecule has 0 saturated heterocycles. The molecule has 1 rings (SSSR count). The van der Waals surface area contributed by atoms with E-state index in [2.05, 4.69) is 23.4 Å². The van der Waals surface area contributed by atoms with Crippen LogP contribution in [-0.4, -0.2) is 22.2 Å². The van der Waals surface area contributed by atoms with Crippen molar-refractivity contribution >= 4 is 5.91 Å². The van der Waals surface area contributed by atoms with E-state index in [1.807, 2.05) is 18.5 Å². The third-order valence-corrected chi connectivity index (χ3v) is 3.42. The van der Waals surface area contributed by atoms with Gasteiger partial charge in [0.2, 0.25) is 5.91 Å². The van der Waals surface area contributed by atoms with Gasteiger partial charge in [-0.3, -0.25) is 9.48 Å². The first kappa shape index (κ1) is 16.2. The average Bonchev–Trinajstić information content (AvgIpc) is 2.69. The minimum Gasteiger partial charge on any atom is -0.356 e. The van der Waals surface area contributed by atoms with Crippen molar-refractivity contribution in [1.82, 2.24) is 15.1 Å². The number of carbonyl (C=O) groups excluding carboxylic acids is 1. The van der Waals surface area contributed by atoms with Crippen LogP contribution in [0.3, 0.4) is 0 Å². The van der Waals surface area contributed by atoms with Gasteiger partial charge in [0.05, 0.1) is 24.7 Å². The zero-order valence-electron chi connectivity index (χ0n) is 12.7. The fourth-order valence-corrected chi connectivity index (χ4v) is 2.20. The third kappa shape index (κ3) is 4.69. The molecule has 0 saturated carbocycles. The van der Waals surface area contributed by atoms with Gasteiger partial charge in [0.1, 0.15) is 0 Å². The van der Waals surface area contributed by atoms with Crippen molar-refractivity contribution in [2.24, 2.45) is 0 Å². The van der Waals surface area contributed by atoms with Crippen molar-refractivity contribution in [3.63, 3.8) is 0 Å². The molecule has 0 aliphatic heterocycles. The van der Waals surface area contributed by atoms with Crippen molar-refractivity contribution in [2.75, 3.05) is 6.54 Å². The second-order valence-electron chi connectivity index (χ2n) is 4.98. The first-order valence-electron chi connectivity index (χ1n) is 7.26. The molecule has 5 heteroatoms. The number of hydrogen-bond acceptors (Lipinski definition) is 3. The summed E-state index contributed by atoms with van der Waals surface area (Å²) in [5, 5.41) is 16.0. The second-order valence-corrected chi connectivity index (χ2v) is 4.98. The summed E-state index contributed by atoms with van der Waals surface area (Å²) < 4.78 is 1.86. The molecule has 0 radical (unpaired) electrons. The molecule has 1 aromatic heterocycles. The number of aromatic nitrogens is 2. The highest BCUT2D eigenvalue weighted by Gasteiger charge is 2.12. The van der Waals surface area contributed by atoms with E-state index in [-0.39, 0.29) is 5.91 Å². The van der Waals surface area contributed by atoms with E-state index < -0.39 is 0 Å². The number of rotatable bonds is 8. The Kier molecular flexibility index (Phi) is 6.78. The SMILES string of the molecule is CCCCNC(=O)CCc1c(C)nn(CCC#N)c1C. The Balaban J connectivity index is 2.53. The Labute approximate surface area is 121 Å². The summed E-state index contributed by atoms with van der Waals surface area (Å²) in [4.78, 5) is 11.7. The maximum absolute atomic E-state index is 11.7. The maximum Gasteiger partial charge on any atom is 0.220 e. The standard InChI is InChI=1S/C15H24N4O/c1-4-5-10-17-15(20)8-7-14-12(2)18-19(13(14)3)11-6-9-16/h4-8,10-11H2,1-3H3,(H,17,20). The van der Waals surface area contributed by atoms with E-state index in [1.54, 1.807) is 0 Å². The number of amides is 1. The normalized spacial score (nSPS) is 10.3. The van der Waals surface area contributed by atoms with Crippen LogP contribution in [0.5, 0.6) is 0 Å². The van der Waals surface area contributed by atoms with Gasteiger partial charge in [-0.05, 0) is 32.3 Å². The third-order valence-electron chi connectivity index (χ3n) is 3.42. The van der Waals surface area contributed by atoms with Gasteiger partial charge in [0, 0.05) is 18.7 Å². The van der Waals surface area contributed by atoms with Gasteiger partial charge in [-0.2, -0.15) is 10.4 Å². The predicted octanol–water partition coefficient (Wildman–Crippen LogP) is 2.26. The molecule has 1 N–H and O–H groups in total. The number of nitrogens with one attached hydrogen (secondary N) is 1. The Morgan fingerprint density at radius 2 is 2.20 bits per heavy atom. The van der Waals surface area contributed by atoms with E-state index in [1.165, 1.54) is 0 Å². The molecule has 0 unspecified atom stereocenters. The number of aryl methyl sites for hydroxylation is 2. The van der Waals surface area contributed by atoms with Crippen LogP contribution in [0.1, 0.15) is 49.6 Å². The van der Waals surface area contributed by atoms with Crippen molar-refractivity contribution in [1.29, 1.82) is 5.26 Å². The summed E-state index contributed by atoms with van der Waals surface area (Å²) >= 11 is 0. The Hall–Kier alpha value is -1.83. The van der Waals surface area contributed by atoms with Gasteiger partial charge in [0.25, 0.3) is 0 Å². The molecule has 1 aromatic rings. The molecule has 1 amide bonds. The molecule has 1 heterocycles. The lowest BCUT2D eigenvalue weighted by Gasteiger charge is -2.05. The monoisotopic (exact) mass is 276 g/mol. The van der Waals surface area contributed by atoms with Gasteiger partial charge in [-0.15, -0.1) is 0 Å². The Morgan fingerprint density at radius 3 is 2.85 bits per heavy atom. The van der Waals surface area contributed by atoms with Gasteiger partial charge >= 0.3 is 0 Å². The van der Waals surface area contributed by atoms with Gasteiger partial charge < -0.3 is 5.32 Å². The summed E-state index contributed by atoms with van der Waals surface area (Å²) in [6.45, 7) is 7.44. The number of nitriles is 1. The Morgan fingerprint density at radius 1 is 1.45 bits per heavy atom. The van der Waals surface area contributed by atoms with Crippen LogP contribution in [0, 0.1) is 25.2 Å². The van der Waals surface area contributed by atoms with Crippen LogP contribution in [0.2, 0.25) is 0 Å². The lowest BCUT2D eigenvalue weighted by molar-refractivity contribution is -0.121. The fourth-order valence-electron chi connectivity index (χ4n) is 2.20. The number of unbranched alkanes of at least 4 members (excludes halogenated alkanes) is 1. The molecule has 0 bridgehead atoms. The van der Waals surface area contributed by atoms with Gasteiger partial charge in [-0.25, -0.2) is 0 Å². The molecule has 0 fully saturated rings.